The summed E-state index contributed by atoms with van der Waals surface area (Å²) in [5.41, 5.74) is 4.63. The molecule has 158 valence electrons. The first-order valence-corrected chi connectivity index (χ1v) is 9.16. The smallest absolute Gasteiger partial charge is 0.383 e. The topological polar surface area (TPSA) is 129 Å². The van der Waals surface area contributed by atoms with E-state index in [1.54, 1.807) is 0 Å². The first kappa shape index (κ1) is 20.3. The number of nitrogens with one attached hydrogen (secondary N) is 1. The second-order valence-electron chi connectivity index (χ2n) is 7.20. The van der Waals surface area contributed by atoms with Crippen molar-refractivity contribution in [2.24, 2.45) is 0 Å². The van der Waals surface area contributed by atoms with Crippen LogP contribution in [0.2, 0.25) is 0 Å². The van der Waals surface area contributed by atoms with Crippen LogP contribution in [0.15, 0.2) is 24.3 Å². The van der Waals surface area contributed by atoms with Crippen LogP contribution >= 0.6 is 0 Å². The van der Waals surface area contributed by atoms with Crippen molar-refractivity contribution < 1.29 is 27.6 Å². The number of halogens is 3. The van der Waals surface area contributed by atoms with Crippen molar-refractivity contribution in [2.75, 3.05) is 5.73 Å². The molecule has 1 aromatic heterocycles. The van der Waals surface area contributed by atoms with Gasteiger partial charge >= 0.3 is 6.18 Å². The third-order valence-corrected chi connectivity index (χ3v) is 5.28. The number of fused-ring (bicyclic) bond motifs is 1. The number of piperidine rings is 1. The Balaban J connectivity index is 1.70. The zero-order valence-electron chi connectivity index (χ0n) is 15.8. The molecular weight excluding hydrogens is 415 g/mol. The number of amides is 3. The quantitative estimate of drug-likeness (QED) is 0.703. The fourth-order valence-electron chi connectivity index (χ4n) is 3.79. The van der Waals surface area contributed by atoms with Crippen LogP contribution in [0.1, 0.15) is 39.9 Å². The largest absolute Gasteiger partial charge is 0.417 e. The lowest BCUT2D eigenvalue weighted by Crippen LogP contribution is -2.52. The van der Waals surface area contributed by atoms with Gasteiger partial charge in [0, 0.05) is 24.1 Å². The molecule has 0 spiro atoms. The number of nitrogens with zero attached hydrogens (tertiary/aromatic N) is 3. The summed E-state index contributed by atoms with van der Waals surface area (Å²) in [4.78, 5) is 41.5. The molecular formula is C20H14F3N5O3. The van der Waals surface area contributed by atoms with Crippen molar-refractivity contribution in [2.45, 2.75) is 31.6 Å². The van der Waals surface area contributed by atoms with Crippen LogP contribution in [-0.2, 0) is 22.3 Å². The third kappa shape index (κ3) is 3.46. The van der Waals surface area contributed by atoms with Crippen LogP contribution in [0.4, 0.5) is 19.0 Å². The van der Waals surface area contributed by atoms with Crippen molar-refractivity contribution in [3.8, 4) is 17.3 Å². The Morgan fingerprint density at radius 1 is 1.23 bits per heavy atom. The Bertz CT molecular complexity index is 1190. The van der Waals surface area contributed by atoms with Gasteiger partial charge in [0.2, 0.25) is 11.8 Å². The van der Waals surface area contributed by atoms with Crippen LogP contribution < -0.4 is 11.1 Å². The SMILES string of the molecule is N#Cc1c(C(F)(F)F)cc(-c2ccc3c(c2)CN(C2CCC(=O)NC2=O)C3=O)nc1N. The normalized spacial score (nSPS) is 18.6. The van der Waals surface area contributed by atoms with Crippen molar-refractivity contribution in [3.63, 3.8) is 0 Å². The number of nitrogen functional groups attached to an aromatic ring is 1. The van der Waals surface area contributed by atoms with Crippen LogP contribution in [0.5, 0.6) is 0 Å². The molecule has 8 nitrogen and oxygen atoms in total. The van der Waals surface area contributed by atoms with Gasteiger partial charge in [-0.2, -0.15) is 18.4 Å². The van der Waals surface area contributed by atoms with Gasteiger partial charge in [0.15, 0.2) is 0 Å². The predicted molar refractivity (Wildman–Crippen MR) is 99.8 cm³/mol. The molecule has 0 bridgehead atoms. The van der Waals surface area contributed by atoms with E-state index in [1.807, 2.05) is 0 Å². The lowest BCUT2D eigenvalue weighted by Gasteiger charge is -2.29. The number of hydrogen-bond acceptors (Lipinski definition) is 6. The molecule has 11 heteroatoms. The summed E-state index contributed by atoms with van der Waals surface area (Å²) in [6, 6.07) is 5.75. The number of benzene rings is 1. The highest BCUT2D eigenvalue weighted by atomic mass is 19.4. The summed E-state index contributed by atoms with van der Waals surface area (Å²) in [6.07, 6.45) is -4.50. The first-order chi connectivity index (χ1) is 14.6. The molecule has 2 aliphatic rings. The summed E-state index contributed by atoms with van der Waals surface area (Å²) < 4.78 is 40.1. The molecule has 0 saturated carbocycles. The minimum atomic E-state index is -4.80. The average molecular weight is 429 g/mol. The Kier molecular flexibility index (Phi) is 4.65. The van der Waals surface area contributed by atoms with Gasteiger partial charge in [0.05, 0.1) is 11.3 Å². The molecule has 3 heterocycles. The van der Waals surface area contributed by atoms with Gasteiger partial charge in [-0.05, 0) is 30.2 Å². The minimum absolute atomic E-state index is 0.0617. The summed E-state index contributed by atoms with van der Waals surface area (Å²) in [7, 11) is 0. The van der Waals surface area contributed by atoms with Crippen molar-refractivity contribution in [3.05, 3.63) is 46.5 Å². The number of rotatable bonds is 2. The van der Waals surface area contributed by atoms with E-state index in [2.05, 4.69) is 10.3 Å². The number of hydrogen-bond donors (Lipinski definition) is 2. The van der Waals surface area contributed by atoms with E-state index in [-0.39, 0.29) is 30.6 Å². The Morgan fingerprint density at radius 3 is 2.61 bits per heavy atom. The molecule has 4 rings (SSSR count). The number of alkyl halides is 3. The second kappa shape index (κ2) is 7.09. The van der Waals surface area contributed by atoms with Crippen molar-refractivity contribution >= 4 is 23.5 Å². The second-order valence-corrected chi connectivity index (χ2v) is 7.20. The molecule has 3 N–H and O–H groups in total. The zero-order chi connectivity index (χ0) is 22.5. The molecule has 2 aromatic rings. The minimum Gasteiger partial charge on any atom is -0.383 e. The van der Waals surface area contributed by atoms with E-state index in [0.717, 1.165) is 6.07 Å². The maximum Gasteiger partial charge on any atom is 0.417 e. The van der Waals surface area contributed by atoms with E-state index in [9.17, 15) is 27.6 Å². The zero-order valence-corrected chi connectivity index (χ0v) is 15.8. The van der Waals surface area contributed by atoms with E-state index in [0.29, 0.717) is 11.1 Å². The number of pyridine rings is 1. The lowest BCUT2D eigenvalue weighted by atomic mass is 10.0. The number of aromatic nitrogens is 1. The molecule has 1 aromatic carbocycles. The molecule has 2 aliphatic heterocycles. The van der Waals surface area contributed by atoms with Gasteiger partial charge in [0.25, 0.3) is 5.91 Å². The fraction of sp³-hybridized carbons (Fsp3) is 0.250. The molecule has 0 radical (unpaired) electrons. The summed E-state index contributed by atoms with van der Waals surface area (Å²) in [5.74, 6) is -1.92. The number of anilines is 1. The van der Waals surface area contributed by atoms with Crippen molar-refractivity contribution in [1.29, 1.82) is 5.26 Å². The Hall–Kier alpha value is -3.94. The van der Waals surface area contributed by atoms with Gasteiger partial charge in [-0.1, -0.05) is 6.07 Å². The molecule has 1 saturated heterocycles. The molecule has 0 aliphatic carbocycles. The monoisotopic (exact) mass is 429 g/mol. The number of carbonyl (C=O) groups is 3. The predicted octanol–water partition coefficient (Wildman–Crippen LogP) is 1.98. The highest BCUT2D eigenvalue weighted by molar-refractivity contribution is 6.05. The lowest BCUT2D eigenvalue weighted by molar-refractivity contribution is -0.138. The molecule has 1 fully saturated rings. The van der Waals surface area contributed by atoms with Crippen LogP contribution in [0.3, 0.4) is 0 Å². The number of nitrogens with two attached hydrogens (primary N) is 1. The van der Waals surface area contributed by atoms with Crippen molar-refractivity contribution in [1.82, 2.24) is 15.2 Å². The molecule has 1 atom stereocenters. The summed E-state index contributed by atoms with van der Waals surface area (Å²) in [5, 5.41) is 11.2. The van der Waals surface area contributed by atoms with Gasteiger partial charge in [-0.3, -0.25) is 19.7 Å². The Morgan fingerprint density at radius 2 is 1.97 bits per heavy atom. The maximum absolute atomic E-state index is 13.4. The third-order valence-electron chi connectivity index (χ3n) is 5.28. The summed E-state index contributed by atoms with van der Waals surface area (Å²) >= 11 is 0. The first-order valence-electron chi connectivity index (χ1n) is 9.16. The van der Waals surface area contributed by atoms with E-state index < -0.39 is 46.9 Å². The molecule has 31 heavy (non-hydrogen) atoms. The van der Waals surface area contributed by atoms with Crippen LogP contribution in [0.25, 0.3) is 11.3 Å². The van der Waals surface area contributed by atoms with E-state index in [1.165, 1.54) is 29.2 Å². The maximum atomic E-state index is 13.4. The fourth-order valence-corrected chi connectivity index (χ4v) is 3.79. The highest BCUT2D eigenvalue weighted by Crippen LogP contribution is 2.37. The van der Waals surface area contributed by atoms with Crippen LogP contribution in [0, 0.1) is 11.3 Å². The molecule has 3 amide bonds. The van der Waals surface area contributed by atoms with E-state index >= 15 is 0 Å². The standard InChI is InChI=1S/C20H14F3N5O3/c21-20(22,23)13-6-14(26-17(25)12(13)7-24)9-1-2-11-10(5-9)8-28(19(11)31)15-3-4-16(29)27-18(15)30/h1-2,5-6,15H,3-4,8H2,(H2,25,26)(H,27,29,30). The number of imide groups is 1. The average Bonchev–Trinajstić information content (AvgIpc) is 3.02. The summed E-state index contributed by atoms with van der Waals surface area (Å²) in [6.45, 7) is 0.0617. The number of nitriles is 1. The Labute approximate surface area is 173 Å². The van der Waals surface area contributed by atoms with Gasteiger partial charge in [-0.15, -0.1) is 0 Å². The van der Waals surface area contributed by atoms with Crippen LogP contribution in [-0.4, -0.2) is 33.6 Å². The highest BCUT2D eigenvalue weighted by Gasteiger charge is 2.39. The molecule has 1 unspecified atom stereocenters. The number of carbonyl (C=O) groups excluding carboxylic acids is 3. The van der Waals surface area contributed by atoms with Gasteiger partial charge < -0.3 is 10.6 Å². The van der Waals surface area contributed by atoms with E-state index in [4.69, 9.17) is 11.0 Å². The van der Waals surface area contributed by atoms with Gasteiger partial charge in [-0.25, -0.2) is 4.98 Å². The van der Waals surface area contributed by atoms with Gasteiger partial charge in [0.1, 0.15) is 23.5 Å².